The molecule has 7 heteroatoms. The molecule has 0 unspecified atom stereocenters. The molecule has 1 aromatic rings. The summed E-state index contributed by atoms with van der Waals surface area (Å²) in [4.78, 5) is 16.6. The Bertz CT molecular complexity index is 623. The molecule has 3 rings (SSSR count). The molecule has 0 aromatic heterocycles. The summed E-state index contributed by atoms with van der Waals surface area (Å²) in [5.74, 6) is 1.03. The first kappa shape index (κ1) is 16.7. The van der Waals surface area contributed by atoms with Crippen LogP contribution in [0.1, 0.15) is 18.4 Å². The maximum absolute atomic E-state index is 12.4. The van der Waals surface area contributed by atoms with E-state index in [-0.39, 0.29) is 18.1 Å². The van der Waals surface area contributed by atoms with Gasteiger partial charge in [0, 0.05) is 24.5 Å². The van der Waals surface area contributed by atoms with Crippen molar-refractivity contribution in [2.45, 2.75) is 31.5 Å². The Labute approximate surface area is 155 Å². The lowest BCUT2D eigenvalue weighted by Crippen LogP contribution is -2.39. The summed E-state index contributed by atoms with van der Waals surface area (Å²) >= 11 is 10.8. The fourth-order valence-electron chi connectivity index (χ4n) is 3.44. The van der Waals surface area contributed by atoms with Crippen molar-refractivity contribution in [1.82, 2.24) is 9.80 Å². The van der Waals surface area contributed by atoms with E-state index < -0.39 is 0 Å². The number of halogens is 3. The van der Waals surface area contributed by atoms with Crippen LogP contribution >= 0.6 is 47.8 Å². The van der Waals surface area contributed by atoms with Gasteiger partial charge in [0.25, 0.3) is 0 Å². The van der Waals surface area contributed by atoms with Crippen LogP contribution in [0.3, 0.4) is 0 Å². The number of rotatable bonds is 3. The van der Waals surface area contributed by atoms with Gasteiger partial charge in [-0.15, -0.1) is 0 Å². The highest BCUT2D eigenvalue weighted by Crippen LogP contribution is 2.42. The van der Waals surface area contributed by atoms with E-state index in [1.165, 1.54) is 0 Å². The molecule has 1 amide bonds. The molecular weight excluding hydrogens is 480 g/mol. The lowest BCUT2D eigenvalue weighted by atomic mass is 10.1. The van der Waals surface area contributed by atoms with Gasteiger partial charge in [0.05, 0.1) is 28.3 Å². The van der Waals surface area contributed by atoms with Gasteiger partial charge in [0.2, 0.25) is 5.91 Å². The molecule has 2 atom stereocenters. The summed E-state index contributed by atoms with van der Waals surface area (Å²) < 4.78 is 8.30. The molecule has 0 saturated carbocycles. The highest BCUT2D eigenvalue weighted by atomic mass is 79.9. The number of hydrogen-bond donors (Lipinski definition) is 0. The van der Waals surface area contributed by atoms with Crippen molar-refractivity contribution in [3.8, 4) is 5.75 Å². The van der Waals surface area contributed by atoms with Crippen molar-refractivity contribution in [3.05, 3.63) is 25.0 Å². The zero-order valence-electron chi connectivity index (χ0n) is 12.4. The summed E-state index contributed by atoms with van der Waals surface area (Å²) in [6.45, 7) is 0.994. The predicted molar refractivity (Wildman–Crippen MR) is 96.1 cm³/mol. The Morgan fingerprint density at radius 1 is 1.32 bits per heavy atom. The third kappa shape index (κ3) is 2.64. The molecule has 2 heterocycles. The van der Waals surface area contributed by atoms with Crippen molar-refractivity contribution >= 4 is 53.7 Å². The van der Waals surface area contributed by atoms with Crippen LogP contribution < -0.4 is 4.74 Å². The molecule has 0 aliphatic carbocycles. The molecule has 22 heavy (non-hydrogen) atoms. The normalized spacial score (nSPS) is 25.0. The quantitative estimate of drug-likeness (QED) is 0.638. The van der Waals surface area contributed by atoms with E-state index in [2.05, 4.69) is 52.7 Å². The average Bonchev–Trinajstić information content (AvgIpc) is 3.02. The number of hydrogen-bond acceptors (Lipinski definition) is 3. The van der Waals surface area contributed by atoms with Crippen molar-refractivity contribution in [1.29, 1.82) is 0 Å². The minimum atomic E-state index is 0.0740. The van der Waals surface area contributed by atoms with E-state index in [4.69, 9.17) is 4.74 Å². The number of carbonyl (C=O) groups excluding carboxylic acids is 1. The van der Waals surface area contributed by atoms with E-state index in [1.54, 1.807) is 7.11 Å². The fourth-order valence-corrected chi connectivity index (χ4v) is 6.21. The van der Waals surface area contributed by atoms with Crippen LogP contribution in [0.4, 0.5) is 0 Å². The Hall–Kier alpha value is -0.110. The molecule has 0 spiro atoms. The molecule has 2 aliphatic heterocycles. The molecule has 0 radical (unpaired) electrons. The van der Waals surface area contributed by atoms with E-state index >= 15 is 0 Å². The zero-order valence-corrected chi connectivity index (χ0v) is 17.2. The molecule has 120 valence electrons. The first-order valence-electron chi connectivity index (χ1n) is 7.18. The maximum atomic E-state index is 12.4. The van der Waals surface area contributed by atoms with Crippen LogP contribution in [0.15, 0.2) is 19.5 Å². The smallest absolute Gasteiger partial charge is 0.240 e. The van der Waals surface area contributed by atoms with Gasteiger partial charge in [-0.25, -0.2) is 0 Å². The molecule has 0 bridgehead atoms. The minimum Gasteiger partial charge on any atom is -0.494 e. The summed E-state index contributed by atoms with van der Waals surface area (Å²) in [6.07, 6.45) is 2.96. The summed E-state index contributed by atoms with van der Waals surface area (Å²) in [5.41, 5.74) is 1.12. The predicted octanol–water partition coefficient (Wildman–Crippen LogP) is 3.79. The number of fused-ring (bicyclic) bond motifs is 1. The highest BCUT2D eigenvalue weighted by molar-refractivity contribution is 9.11. The second-order valence-electron chi connectivity index (χ2n) is 5.70. The van der Waals surface area contributed by atoms with Gasteiger partial charge in [-0.1, -0.05) is 15.9 Å². The molecule has 4 nitrogen and oxygen atoms in total. The van der Waals surface area contributed by atoms with E-state index in [1.807, 2.05) is 18.0 Å². The Morgan fingerprint density at radius 2 is 2.05 bits per heavy atom. The SMILES string of the molecule is COc1c(Br)cc(Br)c(C[C@@H]2N(C)C(=O)[C@@H]3CCCN23)c1Br. The van der Waals surface area contributed by atoms with Gasteiger partial charge in [-0.3, -0.25) is 9.69 Å². The third-order valence-corrected chi connectivity index (χ3v) is 6.71. The van der Waals surface area contributed by atoms with Crippen LogP contribution in [0.25, 0.3) is 0 Å². The second-order valence-corrected chi connectivity index (χ2v) is 8.20. The first-order valence-corrected chi connectivity index (χ1v) is 9.56. The molecular formula is C15H17Br3N2O2. The van der Waals surface area contributed by atoms with Gasteiger partial charge in [0.15, 0.2) is 0 Å². The number of nitrogens with zero attached hydrogens (tertiary/aromatic N) is 2. The number of likely N-dealkylation sites (N-methyl/N-ethyl adjacent to an activating group) is 1. The average molecular weight is 497 g/mol. The molecule has 1 aromatic carbocycles. The molecule has 2 fully saturated rings. The lowest BCUT2D eigenvalue weighted by Gasteiger charge is -2.27. The maximum Gasteiger partial charge on any atom is 0.240 e. The van der Waals surface area contributed by atoms with Crippen molar-refractivity contribution in [2.24, 2.45) is 0 Å². The summed E-state index contributed by atoms with van der Waals surface area (Å²) in [5, 5.41) is 0. The summed E-state index contributed by atoms with van der Waals surface area (Å²) in [7, 11) is 3.56. The summed E-state index contributed by atoms with van der Waals surface area (Å²) in [6, 6.07) is 2.07. The van der Waals surface area contributed by atoms with E-state index in [0.29, 0.717) is 0 Å². The molecule has 2 aliphatic rings. The largest absolute Gasteiger partial charge is 0.494 e. The standard InChI is InChI=1S/C15H17Br3N2O2/c1-19-12(20-5-3-4-11(20)15(19)21)6-8-9(16)7-10(17)14(22-2)13(8)18/h7,11-12H,3-6H2,1-2H3/t11-,12+/m0/s1. The third-order valence-electron chi connectivity index (χ3n) is 4.57. The van der Waals surface area contributed by atoms with Crippen LogP contribution in [0, 0.1) is 0 Å². The van der Waals surface area contributed by atoms with Crippen molar-refractivity contribution in [3.63, 3.8) is 0 Å². The van der Waals surface area contributed by atoms with Gasteiger partial charge < -0.3 is 9.64 Å². The topological polar surface area (TPSA) is 32.8 Å². The molecule has 0 N–H and O–H groups in total. The Kier molecular flexibility index (Phi) is 4.88. The highest BCUT2D eigenvalue weighted by Gasteiger charge is 2.46. The fraction of sp³-hybridized carbons (Fsp3) is 0.533. The second kappa shape index (κ2) is 6.42. The number of benzene rings is 1. The Morgan fingerprint density at radius 3 is 2.73 bits per heavy atom. The number of amides is 1. The van der Waals surface area contributed by atoms with Gasteiger partial charge in [-0.05, 0) is 56.3 Å². The first-order chi connectivity index (χ1) is 10.5. The van der Waals surface area contributed by atoms with E-state index in [0.717, 1.165) is 50.5 Å². The number of ether oxygens (including phenoxy) is 1. The lowest BCUT2D eigenvalue weighted by molar-refractivity contribution is -0.128. The monoisotopic (exact) mass is 494 g/mol. The van der Waals surface area contributed by atoms with Crippen molar-refractivity contribution < 1.29 is 9.53 Å². The van der Waals surface area contributed by atoms with Crippen LogP contribution in [0.2, 0.25) is 0 Å². The number of carbonyl (C=O) groups is 1. The Balaban J connectivity index is 1.95. The van der Waals surface area contributed by atoms with Crippen LogP contribution in [-0.4, -0.2) is 48.6 Å². The minimum absolute atomic E-state index is 0.0740. The van der Waals surface area contributed by atoms with Crippen LogP contribution in [0.5, 0.6) is 5.75 Å². The van der Waals surface area contributed by atoms with Gasteiger partial charge in [0.1, 0.15) is 5.75 Å². The zero-order chi connectivity index (χ0) is 16.0. The van der Waals surface area contributed by atoms with Gasteiger partial charge in [-0.2, -0.15) is 0 Å². The van der Waals surface area contributed by atoms with Crippen LogP contribution in [-0.2, 0) is 11.2 Å². The van der Waals surface area contributed by atoms with Gasteiger partial charge >= 0.3 is 0 Å². The molecule has 2 saturated heterocycles. The van der Waals surface area contributed by atoms with E-state index in [9.17, 15) is 4.79 Å². The van der Waals surface area contributed by atoms with Crippen molar-refractivity contribution in [2.75, 3.05) is 20.7 Å². The number of methoxy groups -OCH3 is 1.